The quantitative estimate of drug-likeness (QED) is 0.177. The summed E-state index contributed by atoms with van der Waals surface area (Å²) in [6.07, 6.45) is 21.9. The number of primary amides is 1. The van der Waals surface area contributed by atoms with E-state index >= 15 is 0 Å². The molecule has 0 heterocycles. The standard InChI is InChI=1S/C22H42N2O3.Na/c1-2-3-4-5-6-7-8-9-10-11-12-13-14-15-16-17-18-24-20(22(26)27)19-21(23)25;/h9-10,20,24H,2-8,11-19H2,1H3,(H2,23,25)(H,26,27);/q;+1/p-1/b10-9-;/t20-;/m0./s1. The Labute approximate surface area is 194 Å². The van der Waals surface area contributed by atoms with E-state index in [1.165, 1.54) is 70.6 Å². The molecule has 0 saturated heterocycles. The van der Waals surface area contributed by atoms with E-state index in [2.05, 4.69) is 24.4 Å². The van der Waals surface area contributed by atoms with Crippen molar-refractivity contribution in [3.63, 3.8) is 0 Å². The number of carboxylic acids is 1. The molecule has 0 bridgehead atoms. The number of unbranched alkanes of at least 4 members (excludes halogenated alkanes) is 12. The number of carboxylic acid groups (broad SMARTS) is 1. The Morgan fingerprint density at radius 3 is 1.79 bits per heavy atom. The summed E-state index contributed by atoms with van der Waals surface area (Å²) in [4.78, 5) is 21.6. The van der Waals surface area contributed by atoms with Gasteiger partial charge in [0.2, 0.25) is 5.91 Å². The van der Waals surface area contributed by atoms with E-state index in [1.54, 1.807) is 0 Å². The van der Waals surface area contributed by atoms with Crippen molar-refractivity contribution in [3.8, 4) is 0 Å². The van der Waals surface area contributed by atoms with E-state index in [9.17, 15) is 14.7 Å². The molecule has 0 spiro atoms. The van der Waals surface area contributed by atoms with Crippen molar-refractivity contribution in [2.24, 2.45) is 5.73 Å². The molecule has 158 valence electrons. The van der Waals surface area contributed by atoms with Crippen LogP contribution in [0.25, 0.3) is 0 Å². The number of rotatable bonds is 20. The fourth-order valence-corrected chi connectivity index (χ4v) is 3.09. The molecule has 28 heavy (non-hydrogen) atoms. The number of nitrogens with one attached hydrogen (secondary N) is 1. The molecule has 1 atom stereocenters. The van der Waals surface area contributed by atoms with Crippen LogP contribution >= 0.6 is 0 Å². The molecular formula is C22H41N2NaO3. The van der Waals surface area contributed by atoms with Gasteiger partial charge in [0.05, 0.1) is 12.0 Å². The number of hydrogen-bond acceptors (Lipinski definition) is 4. The van der Waals surface area contributed by atoms with Crippen LogP contribution in [0.15, 0.2) is 12.2 Å². The number of carbonyl (C=O) groups excluding carboxylic acids is 2. The molecule has 6 heteroatoms. The van der Waals surface area contributed by atoms with Crippen LogP contribution in [-0.4, -0.2) is 24.5 Å². The van der Waals surface area contributed by atoms with Crippen LogP contribution in [0.1, 0.15) is 103 Å². The van der Waals surface area contributed by atoms with Gasteiger partial charge in [0.25, 0.3) is 0 Å². The van der Waals surface area contributed by atoms with Crippen molar-refractivity contribution in [2.75, 3.05) is 6.54 Å². The zero-order chi connectivity index (χ0) is 20.2. The van der Waals surface area contributed by atoms with Crippen LogP contribution < -0.4 is 45.7 Å². The SMILES string of the molecule is CCCCCCCC/C=C\CCCCCCCCN[C@@H](CC(N)=O)C(=O)[O-].[Na+]. The van der Waals surface area contributed by atoms with E-state index in [1.807, 2.05) is 0 Å². The Morgan fingerprint density at radius 1 is 0.857 bits per heavy atom. The topological polar surface area (TPSA) is 95.2 Å². The average Bonchev–Trinajstić information content (AvgIpc) is 2.62. The normalized spacial score (nSPS) is 12.0. The summed E-state index contributed by atoms with van der Waals surface area (Å²) in [5.74, 6) is -1.89. The minimum Gasteiger partial charge on any atom is -0.548 e. The molecule has 0 aliphatic rings. The Balaban J connectivity index is 0. The molecule has 0 unspecified atom stereocenters. The van der Waals surface area contributed by atoms with Crippen LogP contribution in [0.2, 0.25) is 0 Å². The Bertz CT molecular complexity index is 403. The second-order valence-electron chi connectivity index (χ2n) is 7.43. The predicted molar refractivity (Wildman–Crippen MR) is 110 cm³/mol. The monoisotopic (exact) mass is 404 g/mol. The van der Waals surface area contributed by atoms with Crippen LogP contribution in [-0.2, 0) is 9.59 Å². The van der Waals surface area contributed by atoms with Gasteiger partial charge in [-0.3, -0.25) is 4.79 Å². The molecule has 0 rings (SSSR count). The molecule has 0 aromatic heterocycles. The second-order valence-corrected chi connectivity index (χ2v) is 7.43. The van der Waals surface area contributed by atoms with E-state index in [-0.39, 0.29) is 36.0 Å². The summed E-state index contributed by atoms with van der Waals surface area (Å²) < 4.78 is 0. The van der Waals surface area contributed by atoms with Gasteiger partial charge in [-0.1, -0.05) is 76.9 Å². The van der Waals surface area contributed by atoms with Crippen LogP contribution in [0.5, 0.6) is 0 Å². The van der Waals surface area contributed by atoms with Crippen molar-refractivity contribution >= 4 is 11.9 Å². The Hall–Kier alpha value is -0.360. The Morgan fingerprint density at radius 2 is 1.32 bits per heavy atom. The van der Waals surface area contributed by atoms with Gasteiger partial charge in [-0.25, -0.2) is 0 Å². The number of carbonyl (C=O) groups is 2. The summed E-state index contributed by atoms with van der Waals surface area (Å²) in [6, 6.07) is -0.967. The van der Waals surface area contributed by atoms with Gasteiger partial charge in [0, 0.05) is 6.42 Å². The minimum absolute atomic E-state index is 0. The number of hydrogen-bond donors (Lipinski definition) is 2. The number of aliphatic carboxylic acids is 1. The maximum absolute atomic E-state index is 10.9. The molecule has 0 aliphatic carbocycles. The number of allylic oxidation sites excluding steroid dienone is 2. The molecule has 0 radical (unpaired) electrons. The van der Waals surface area contributed by atoms with Gasteiger partial charge in [-0.2, -0.15) is 0 Å². The molecule has 0 aliphatic heterocycles. The smallest absolute Gasteiger partial charge is 0.548 e. The first-order chi connectivity index (χ1) is 13.1. The zero-order valence-electron chi connectivity index (χ0n) is 18.3. The van der Waals surface area contributed by atoms with Crippen LogP contribution in [0.3, 0.4) is 0 Å². The summed E-state index contributed by atoms with van der Waals surface area (Å²) in [7, 11) is 0. The fraction of sp³-hybridized carbons (Fsp3) is 0.818. The minimum atomic E-state index is -1.27. The molecule has 0 fully saturated rings. The van der Waals surface area contributed by atoms with E-state index < -0.39 is 17.9 Å². The molecule has 3 N–H and O–H groups in total. The van der Waals surface area contributed by atoms with Crippen molar-refractivity contribution in [1.29, 1.82) is 0 Å². The van der Waals surface area contributed by atoms with Crippen LogP contribution in [0.4, 0.5) is 0 Å². The molecule has 0 saturated carbocycles. The maximum Gasteiger partial charge on any atom is 1.00 e. The third kappa shape index (κ3) is 21.9. The van der Waals surface area contributed by atoms with E-state index in [4.69, 9.17) is 5.73 Å². The summed E-state index contributed by atoms with van der Waals surface area (Å²) in [6.45, 7) is 2.83. The zero-order valence-corrected chi connectivity index (χ0v) is 20.3. The van der Waals surface area contributed by atoms with Crippen molar-refractivity contribution in [1.82, 2.24) is 5.32 Å². The van der Waals surface area contributed by atoms with Gasteiger partial charge in [0.15, 0.2) is 0 Å². The maximum atomic E-state index is 10.9. The fourth-order valence-electron chi connectivity index (χ4n) is 3.09. The first-order valence-corrected chi connectivity index (χ1v) is 11.0. The average molecular weight is 405 g/mol. The van der Waals surface area contributed by atoms with Gasteiger partial charge >= 0.3 is 29.6 Å². The third-order valence-electron chi connectivity index (χ3n) is 4.77. The van der Waals surface area contributed by atoms with Gasteiger partial charge in [-0.05, 0) is 38.6 Å². The van der Waals surface area contributed by atoms with Gasteiger partial charge in [0.1, 0.15) is 0 Å². The van der Waals surface area contributed by atoms with E-state index in [0.717, 1.165) is 19.3 Å². The Kier molecular flexibility index (Phi) is 24.4. The van der Waals surface area contributed by atoms with Gasteiger partial charge in [-0.15, -0.1) is 0 Å². The van der Waals surface area contributed by atoms with Crippen molar-refractivity contribution in [2.45, 2.75) is 109 Å². The summed E-state index contributed by atoms with van der Waals surface area (Å²) in [5.41, 5.74) is 5.02. The number of nitrogens with two attached hydrogens (primary N) is 1. The molecule has 0 aromatic rings. The van der Waals surface area contributed by atoms with Crippen LogP contribution in [0, 0.1) is 0 Å². The number of amides is 1. The summed E-state index contributed by atoms with van der Waals surface area (Å²) >= 11 is 0. The summed E-state index contributed by atoms with van der Waals surface area (Å²) in [5, 5.41) is 13.7. The second kappa shape index (κ2) is 22.9. The van der Waals surface area contributed by atoms with Crippen molar-refractivity contribution in [3.05, 3.63) is 12.2 Å². The van der Waals surface area contributed by atoms with Gasteiger partial charge < -0.3 is 21.0 Å². The third-order valence-corrected chi connectivity index (χ3v) is 4.77. The first-order valence-electron chi connectivity index (χ1n) is 11.0. The van der Waals surface area contributed by atoms with Crippen molar-refractivity contribution < 1.29 is 44.3 Å². The van der Waals surface area contributed by atoms with E-state index in [0.29, 0.717) is 6.54 Å². The molecule has 1 amide bonds. The molecule has 5 nitrogen and oxygen atoms in total. The largest absolute Gasteiger partial charge is 1.00 e. The molecule has 0 aromatic carbocycles. The predicted octanol–water partition coefficient (Wildman–Crippen LogP) is 0.611. The first kappa shape index (κ1) is 29.8. The molecular weight excluding hydrogens is 363 g/mol.